The molecule has 0 N–H and O–H groups in total. The summed E-state index contributed by atoms with van der Waals surface area (Å²) in [7, 11) is 17.0. The van der Waals surface area contributed by atoms with E-state index in [1.807, 2.05) is 0 Å². The molecule has 14 heavy (non-hydrogen) atoms. The van der Waals surface area contributed by atoms with Crippen LogP contribution in [0.1, 0.15) is 0 Å². The average molecular weight is 269 g/mol. The van der Waals surface area contributed by atoms with E-state index in [0.29, 0.717) is 0 Å². The first-order valence-electron chi connectivity index (χ1n) is 4.19. The minimum absolute atomic E-state index is 1.00. The van der Waals surface area contributed by atoms with E-state index in [2.05, 4.69) is 56.4 Å². The van der Waals surface area contributed by atoms with Crippen LogP contribution in [-0.4, -0.2) is 80.3 Å². The predicted octanol–water partition coefficient (Wildman–Crippen LogP) is -2.23. The van der Waals surface area contributed by atoms with Gasteiger partial charge in [0.25, 0.3) is 0 Å². The van der Waals surface area contributed by atoms with Crippen LogP contribution in [0.5, 0.6) is 0 Å². The van der Waals surface area contributed by atoms with Crippen LogP contribution in [0.4, 0.5) is 0 Å². The zero-order valence-electron chi connectivity index (χ0n) is 10.6. The van der Waals surface area contributed by atoms with Crippen molar-refractivity contribution in [3.63, 3.8) is 0 Å². The standard InChI is InChI=1S/2C4H12N.GeO3/c2*1-5(2,3)4;2-1(3)4/h2*1-4H3;/q2*+1;-2. The summed E-state index contributed by atoms with van der Waals surface area (Å²) in [5.74, 6) is 0. The van der Waals surface area contributed by atoms with Gasteiger partial charge in [0.2, 0.25) is 0 Å². The molecule has 0 aliphatic heterocycles. The van der Waals surface area contributed by atoms with Crippen molar-refractivity contribution in [2.75, 3.05) is 56.4 Å². The Bertz CT molecular complexity index is 122. The van der Waals surface area contributed by atoms with E-state index in [9.17, 15) is 0 Å². The van der Waals surface area contributed by atoms with Gasteiger partial charge in [-0.15, -0.1) is 0 Å². The Morgan fingerprint density at radius 2 is 0.714 bits per heavy atom. The first-order valence-corrected chi connectivity index (χ1v) is 6.76. The monoisotopic (exact) mass is 270 g/mol. The summed E-state index contributed by atoms with van der Waals surface area (Å²) >= 11 is -4.08. The van der Waals surface area contributed by atoms with Crippen molar-refractivity contribution < 1.29 is 21.0 Å². The maximum atomic E-state index is 8.58. The van der Waals surface area contributed by atoms with Crippen molar-refractivity contribution in [2.45, 2.75) is 0 Å². The van der Waals surface area contributed by atoms with Crippen LogP contribution in [0.25, 0.3) is 0 Å². The zero-order chi connectivity index (χ0) is 12.6. The van der Waals surface area contributed by atoms with Crippen molar-refractivity contribution in [1.29, 1.82) is 0 Å². The SMILES string of the molecule is C[N+](C)(C)C.C[N+](C)(C)C.[O]=[Ge]([O-])[O-]. The van der Waals surface area contributed by atoms with Gasteiger partial charge in [0.1, 0.15) is 0 Å². The van der Waals surface area contributed by atoms with Gasteiger partial charge in [0, 0.05) is 0 Å². The van der Waals surface area contributed by atoms with E-state index in [4.69, 9.17) is 12.0 Å². The Morgan fingerprint density at radius 1 is 0.714 bits per heavy atom. The summed E-state index contributed by atoms with van der Waals surface area (Å²) in [6.07, 6.45) is 0. The second-order valence-electron chi connectivity index (χ2n) is 5.62. The van der Waals surface area contributed by atoms with E-state index in [1.54, 1.807) is 0 Å². The second kappa shape index (κ2) is 8.19. The molecular formula is C8H24GeN2O3. The molecule has 5 nitrogen and oxygen atoms in total. The minimum atomic E-state index is -4.08. The van der Waals surface area contributed by atoms with E-state index in [-0.39, 0.29) is 0 Å². The molecule has 6 heteroatoms. The molecule has 0 fully saturated rings. The van der Waals surface area contributed by atoms with Gasteiger partial charge >= 0.3 is 27.0 Å². The Kier molecular flexibility index (Phi) is 11.4. The zero-order valence-corrected chi connectivity index (χ0v) is 12.7. The number of rotatable bonds is 0. The van der Waals surface area contributed by atoms with Crippen molar-refractivity contribution >= 4 is 15.0 Å². The third-order valence-corrected chi connectivity index (χ3v) is 0. The molecule has 0 rings (SSSR count). The van der Waals surface area contributed by atoms with Crippen LogP contribution >= 0.6 is 0 Å². The molecule has 0 aromatic carbocycles. The fourth-order valence-corrected chi connectivity index (χ4v) is 0. The van der Waals surface area contributed by atoms with Gasteiger partial charge in [0.05, 0.1) is 56.4 Å². The predicted molar refractivity (Wildman–Crippen MR) is 54.4 cm³/mol. The van der Waals surface area contributed by atoms with Gasteiger partial charge in [-0.3, -0.25) is 0 Å². The molecule has 0 radical (unpaired) electrons. The molecule has 0 heterocycles. The van der Waals surface area contributed by atoms with Gasteiger partial charge < -0.3 is 8.97 Å². The van der Waals surface area contributed by atoms with E-state index < -0.39 is 15.0 Å². The molecule has 0 saturated heterocycles. The third-order valence-electron chi connectivity index (χ3n) is 0. The van der Waals surface area contributed by atoms with Crippen LogP contribution in [0.15, 0.2) is 0 Å². The topological polar surface area (TPSA) is 63.2 Å². The molecule has 0 atom stereocenters. The Labute approximate surface area is 92.8 Å². The summed E-state index contributed by atoms with van der Waals surface area (Å²) in [5.41, 5.74) is 0. The van der Waals surface area contributed by atoms with E-state index in [0.717, 1.165) is 8.97 Å². The third kappa shape index (κ3) is 74400. The number of hydrogen-bond donors (Lipinski definition) is 0. The molecule has 0 aromatic rings. The molecule has 0 spiro atoms. The van der Waals surface area contributed by atoms with Crippen LogP contribution in [0, 0.1) is 0 Å². The second-order valence-corrected chi connectivity index (χ2v) is 6.67. The molecular weight excluding hydrogens is 245 g/mol. The molecule has 0 unspecified atom stereocenters. The fourth-order valence-electron chi connectivity index (χ4n) is 0. The number of nitrogens with zero attached hydrogens (tertiary/aromatic N) is 2. The van der Waals surface area contributed by atoms with Crippen LogP contribution in [0.3, 0.4) is 0 Å². The number of hydrogen-bond acceptors (Lipinski definition) is 3. The summed E-state index contributed by atoms with van der Waals surface area (Å²) in [6, 6.07) is 0. The first-order chi connectivity index (χ1) is 5.73. The Hall–Kier alpha value is -0.137. The van der Waals surface area contributed by atoms with Crippen molar-refractivity contribution in [2.24, 2.45) is 0 Å². The molecule has 0 aliphatic rings. The Morgan fingerprint density at radius 3 is 0.714 bits per heavy atom. The van der Waals surface area contributed by atoms with Crippen LogP contribution < -0.4 is 8.27 Å². The van der Waals surface area contributed by atoms with E-state index in [1.165, 1.54) is 0 Å². The molecule has 0 amide bonds. The normalized spacial score (nSPS) is 10.3. The quantitative estimate of drug-likeness (QED) is 0.369. The number of quaternary nitrogens is 2. The summed E-state index contributed by atoms with van der Waals surface area (Å²) in [6.45, 7) is 0. The van der Waals surface area contributed by atoms with Crippen LogP contribution in [-0.2, 0) is 3.78 Å². The van der Waals surface area contributed by atoms with Crippen molar-refractivity contribution in [3.8, 4) is 0 Å². The van der Waals surface area contributed by atoms with Gasteiger partial charge in [-0.2, -0.15) is 0 Å². The van der Waals surface area contributed by atoms with Crippen LogP contribution in [0.2, 0.25) is 0 Å². The molecule has 0 aliphatic carbocycles. The average Bonchev–Trinajstić information content (AvgIpc) is 1.45. The van der Waals surface area contributed by atoms with Gasteiger partial charge in [-0.05, 0) is 0 Å². The van der Waals surface area contributed by atoms with Crippen molar-refractivity contribution in [1.82, 2.24) is 0 Å². The van der Waals surface area contributed by atoms with Gasteiger partial charge in [0.15, 0.2) is 0 Å². The summed E-state index contributed by atoms with van der Waals surface area (Å²) < 4.78 is 27.8. The summed E-state index contributed by atoms with van der Waals surface area (Å²) in [4.78, 5) is 0. The van der Waals surface area contributed by atoms with E-state index >= 15 is 0 Å². The molecule has 0 aromatic heterocycles. The Balaban J connectivity index is -0.000000131. The fraction of sp³-hybridized carbons (Fsp3) is 1.00. The molecule has 0 bridgehead atoms. The molecule has 0 saturated carbocycles. The molecule has 88 valence electrons. The first kappa shape index (κ1) is 19.4. The summed E-state index contributed by atoms with van der Waals surface area (Å²) in [5, 5.41) is 0. The van der Waals surface area contributed by atoms with Crippen molar-refractivity contribution in [3.05, 3.63) is 0 Å². The van der Waals surface area contributed by atoms with Gasteiger partial charge in [-0.25, -0.2) is 0 Å². The van der Waals surface area contributed by atoms with Gasteiger partial charge in [-0.1, -0.05) is 0 Å². The maximum absolute atomic E-state index is 8.58.